The van der Waals surface area contributed by atoms with Gasteiger partial charge >= 0.3 is 0 Å². The van der Waals surface area contributed by atoms with Crippen LogP contribution < -0.4 is 10.6 Å². The van der Waals surface area contributed by atoms with E-state index >= 15 is 0 Å². The van der Waals surface area contributed by atoms with E-state index in [0.717, 1.165) is 11.3 Å². The molecule has 0 bridgehead atoms. The number of nitrogens with one attached hydrogen (secondary N) is 2. The van der Waals surface area contributed by atoms with E-state index < -0.39 is 0 Å². The summed E-state index contributed by atoms with van der Waals surface area (Å²) >= 11 is 12.2. The largest absolute Gasteiger partial charge is 0.350 e. The Balaban J connectivity index is 1.77. The van der Waals surface area contributed by atoms with Crippen LogP contribution in [0.5, 0.6) is 0 Å². The maximum Gasteiger partial charge on any atom is 0.225 e. The topological polar surface area (TPSA) is 62.7 Å². The van der Waals surface area contributed by atoms with Gasteiger partial charge in [0.2, 0.25) is 5.95 Å². The Morgan fingerprint density at radius 2 is 1.96 bits per heavy atom. The van der Waals surface area contributed by atoms with Crippen molar-refractivity contribution < 1.29 is 0 Å². The molecule has 0 unspecified atom stereocenters. The fraction of sp³-hybridized carbons (Fsp3) is 0.118. The summed E-state index contributed by atoms with van der Waals surface area (Å²) < 4.78 is 0. The number of nitrogens with zero attached hydrogens (tertiary/aromatic N) is 3. The molecule has 0 aliphatic heterocycles. The summed E-state index contributed by atoms with van der Waals surface area (Å²) in [5, 5.41) is 7.53. The van der Waals surface area contributed by atoms with Gasteiger partial charge in [-0.3, -0.25) is 4.98 Å². The molecule has 0 spiro atoms. The van der Waals surface area contributed by atoms with Crippen molar-refractivity contribution in [3.05, 3.63) is 70.1 Å². The fourth-order valence-electron chi connectivity index (χ4n) is 2.13. The Hall–Kier alpha value is -2.37. The van der Waals surface area contributed by atoms with Gasteiger partial charge in [0.1, 0.15) is 5.82 Å². The van der Waals surface area contributed by atoms with Crippen LogP contribution in [0, 0.1) is 6.92 Å². The van der Waals surface area contributed by atoms with E-state index in [2.05, 4.69) is 25.6 Å². The van der Waals surface area contributed by atoms with E-state index in [4.69, 9.17) is 23.2 Å². The first-order valence-electron chi connectivity index (χ1n) is 7.31. The lowest BCUT2D eigenvalue weighted by molar-refractivity contribution is 1.02. The summed E-state index contributed by atoms with van der Waals surface area (Å²) in [6.45, 7) is 2.50. The van der Waals surface area contributed by atoms with Crippen LogP contribution in [0.15, 0.2) is 48.8 Å². The molecule has 24 heavy (non-hydrogen) atoms. The first-order valence-corrected chi connectivity index (χ1v) is 8.06. The highest BCUT2D eigenvalue weighted by molar-refractivity contribution is 6.35. The van der Waals surface area contributed by atoms with Gasteiger partial charge in [0.25, 0.3) is 0 Å². The summed E-state index contributed by atoms with van der Waals surface area (Å²) in [6, 6.07) is 10.9. The molecule has 0 radical (unpaired) electrons. The zero-order valence-corrected chi connectivity index (χ0v) is 14.4. The van der Waals surface area contributed by atoms with Gasteiger partial charge in [-0.15, -0.1) is 0 Å². The summed E-state index contributed by atoms with van der Waals surface area (Å²) in [5.41, 5.74) is 2.58. The number of hydrogen-bond donors (Lipinski definition) is 2. The van der Waals surface area contributed by atoms with Crippen molar-refractivity contribution in [3.8, 4) is 0 Å². The highest BCUT2D eigenvalue weighted by atomic mass is 35.5. The van der Waals surface area contributed by atoms with E-state index in [1.54, 1.807) is 30.6 Å². The van der Waals surface area contributed by atoms with Gasteiger partial charge in [-0.25, -0.2) is 4.98 Å². The standard InChI is InChI=1S/C17H15Cl2N5/c1-11-7-16(23-15-8-13(18)4-5-14(15)19)24-17(22-11)21-10-12-3-2-6-20-9-12/h2-9H,10H2,1H3,(H2,21,22,23,24). The molecule has 0 atom stereocenters. The molecule has 0 aliphatic carbocycles. The number of aryl methyl sites for hydroxylation is 1. The molecule has 0 fully saturated rings. The van der Waals surface area contributed by atoms with Crippen LogP contribution in [0.1, 0.15) is 11.3 Å². The minimum atomic E-state index is 0.527. The molecule has 2 aromatic heterocycles. The molecule has 5 nitrogen and oxygen atoms in total. The SMILES string of the molecule is Cc1cc(Nc2cc(Cl)ccc2Cl)nc(NCc2cccnc2)n1. The third-order valence-corrected chi connectivity index (χ3v) is 3.78. The molecule has 2 heterocycles. The zero-order chi connectivity index (χ0) is 16.9. The van der Waals surface area contributed by atoms with Crippen molar-refractivity contribution in [1.29, 1.82) is 0 Å². The maximum absolute atomic E-state index is 6.18. The number of pyridine rings is 1. The normalized spacial score (nSPS) is 10.5. The van der Waals surface area contributed by atoms with Crippen molar-refractivity contribution in [2.75, 3.05) is 10.6 Å². The van der Waals surface area contributed by atoms with Crippen LogP contribution in [0.4, 0.5) is 17.5 Å². The Morgan fingerprint density at radius 1 is 1.08 bits per heavy atom. The van der Waals surface area contributed by atoms with E-state index in [1.165, 1.54) is 0 Å². The molecule has 0 amide bonds. The summed E-state index contributed by atoms with van der Waals surface area (Å²) in [7, 11) is 0. The second kappa shape index (κ2) is 7.47. The molecule has 0 saturated carbocycles. The van der Waals surface area contributed by atoms with Crippen LogP contribution in [0.2, 0.25) is 10.0 Å². The second-order valence-corrected chi connectivity index (χ2v) is 6.03. The highest BCUT2D eigenvalue weighted by Crippen LogP contribution is 2.28. The molecule has 122 valence electrons. The molecular weight excluding hydrogens is 345 g/mol. The maximum atomic E-state index is 6.18. The number of aromatic nitrogens is 3. The summed E-state index contributed by atoms with van der Waals surface area (Å²) in [4.78, 5) is 12.9. The fourth-order valence-corrected chi connectivity index (χ4v) is 2.46. The van der Waals surface area contributed by atoms with Gasteiger partial charge in [-0.1, -0.05) is 29.3 Å². The van der Waals surface area contributed by atoms with Gasteiger partial charge in [-0.2, -0.15) is 4.98 Å². The Labute approximate surface area is 150 Å². The van der Waals surface area contributed by atoms with Crippen molar-refractivity contribution in [1.82, 2.24) is 15.0 Å². The molecule has 3 aromatic rings. The summed E-state index contributed by atoms with van der Waals surface area (Å²) in [6.07, 6.45) is 3.54. The number of hydrogen-bond acceptors (Lipinski definition) is 5. The van der Waals surface area contributed by atoms with E-state index in [-0.39, 0.29) is 0 Å². The highest BCUT2D eigenvalue weighted by Gasteiger charge is 2.06. The molecule has 0 aliphatic rings. The van der Waals surface area contributed by atoms with Gasteiger partial charge < -0.3 is 10.6 Å². The van der Waals surface area contributed by atoms with E-state index in [0.29, 0.717) is 34.0 Å². The zero-order valence-electron chi connectivity index (χ0n) is 12.9. The third kappa shape index (κ3) is 4.34. The minimum Gasteiger partial charge on any atom is -0.350 e. The first kappa shape index (κ1) is 16.5. The lowest BCUT2D eigenvalue weighted by Gasteiger charge is -2.11. The van der Waals surface area contributed by atoms with Crippen molar-refractivity contribution in [2.45, 2.75) is 13.5 Å². The summed E-state index contributed by atoms with van der Waals surface area (Å²) in [5.74, 6) is 1.17. The van der Waals surface area contributed by atoms with Crippen LogP contribution in [-0.4, -0.2) is 15.0 Å². The molecule has 3 rings (SSSR count). The van der Waals surface area contributed by atoms with Crippen molar-refractivity contribution >= 4 is 40.7 Å². The quantitative estimate of drug-likeness (QED) is 0.682. The number of rotatable bonds is 5. The number of anilines is 3. The lowest BCUT2D eigenvalue weighted by Crippen LogP contribution is -2.06. The Bertz CT molecular complexity index is 840. The predicted octanol–water partition coefficient (Wildman–Crippen LogP) is 4.84. The Morgan fingerprint density at radius 3 is 2.75 bits per heavy atom. The lowest BCUT2D eigenvalue weighted by atomic mass is 10.3. The molecule has 2 N–H and O–H groups in total. The smallest absolute Gasteiger partial charge is 0.225 e. The molecule has 7 heteroatoms. The van der Waals surface area contributed by atoms with Gasteiger partial charge in [0, 0.05) is 35.7 Å². The molecule has 0 saturated heterocycles. The van der Waals surface area contributed by atoms with Crippen LogP contribution in [0.3, 0.4) is 0 Å². The van der Waals surface area contributed by atoms with Gasteiger partial charge in [0.15, 0.2) is 0 Å². The van der Waals surface area contributed by atoms with Crippen LogP contribution in [0.25, 0.3) is 0 Å². The predicted molar refractivity (Wildman–Crippen MR) is 98.1 cm³/mol. The van der Waals surface area contributed by atoms with Crippen molar-refractivity contribution in [2.24, 2.45) is 0 Å². The van der Waals surface area contributed by atoms with Gasteiger partial charge in [0.05, 0.1) is 10.7 Å². The van der Waals surface area contributed by atoms with Crippen LogP contribution >= 0.6 is 23.2 Å². The number of benzene rings is 1. The Kier molecular flexibility index (Phi) is 5.13. The molecular formula is C17H15Cl2N5. The molecule has 1 aromatic carbocycles. The average Bonchev–Trinajstić information content (AvgIpc) is 2.57. The van der Waals surface area contributed by atoms with Crippen molar-refractivity contribution in [3.63, 3.8) is 0 Å². The first-order chi connectivity index (χ1) is 11.6. The third-order valence-electron chi connectivity index (χ3n) is 3.22. The minimum absolute atomic E-state index is 0.527. The van der Waals surface area contributed by atoms with E-state index in [9.17, 15) is 0 Å². The monoisotopic (exact) mass is 359 g/mol. The van der Waals surface area contributed by atoms with Crippen LogP contribution in [-0.2, 0) is 6.54 Å². The van der Waals surface area contributed by atoms with Gasteiger partial charge in [-0.05, 0) is 36.8 Å². The average molecular weight is 360 g/mol. The second-order valence-electron chi connectivity index (χ2n) is 5.18. The number of halogens is 2. The van der Waals surface area contributed by atoms with E-state index in [1.807, 2.05) is 25.1 Å².